The molecule has 4 heterocycles. The predicted molar refractivity (Wildman–Crippen MR) is 258 cm³/mol. The van der Waals surface area contributed by atoms with Crippen LogP contribution in [-0.2, 0) is 47.0 Å². The number of H-pyrrole nitrogens is 2. The Kier molecular flexibility index (Phi) is 13.2. The summed E-state index contributed by atoms with van der Waals surface area (Å²) < 4.78 is 75.2. The van der Waals surface area contributed by atoms with Gasteiger partial charge < -0.3 is 19.4 Å². The Morgan fingerprint density at radius 2 is 1.00 bits per heavy atom. The van der Waals surface area contributed by atoms with Crippen LogP contribution in [0.15, 0.2) is 115 Å². The number of aromatic amines is 2. The van der Waals surface area contributed by atoms with Crippen molar-refractivity contribution in [3.05, 3.63) is 117 Å². The highest BCUT2D eigenvalue weighted by Gasteiger charge is 2.24. The van der Waals surface area contributed by atoms with Crippen LogP contribution in [0.5, 0.6) is 11.5 Å². The summed E-state index contributed by atoms with van der Waals surface area (Å²) in [7, 11) is -5.09. The Labute approximate surface area is 390 Å². The standard InChI is InChI=1S/C46H48N12O8S2/c1-7-13-35-39-41(57(5)53-35)45(59)49-43(47-39)33-25-31(19-21-37(33)65-9-3)67(61,62)55-29-17-11-15-27(23-29)51-52-28-16-12-18-30(24-28)56-68(63,64)32-20-22-38(66-10-4)34(26-32)44-48-40-36(14-8-2)54-58(6)42(40)46(60)50-44/h11-12,15-26,55-56H,7-10,13-14H2,1-6H3,(H,47,49,59)(H,48,50,60)/b52-51-. The fourth-order valence-corrected chi connectivity index (χ4v) is 9.80. The zero-order valence-corrected chi connectivity index (χ0v) is 39.6. The number of aryl methyl sites for hydroxylation is 4. The van der Waals surface area contributed by atoms with Crippen LogP contribution in [-0.4, -0.2) is 69.5 Å². The van der Waals surface area contributed by atoms with Crippen LogP contribution in [0.25, 0.3) is 44.8 Å². The maximum Gasteiger partial charge on any atom is 0.277 e. The number of rotatable bonds is 18. The predicted octanol–water partition coefficient (Wildman–Crippen LogP) is 7.68. The summed E-state index contributed by atoms with van der Waals surface area (Å²) in [4.78, 5) is 41.3. The van der Waals surface area contributed by atoms with Crippen molar-refractivity contribution in [3.8, 4) is 34.3 Å². The quantitative estimate of drug-likeness (QED) is 0.0604. The number of aromatic nitrogens is 8. The van der Waals surface area contributed by atoms with E-state index in [1.54, 1.807) is 64.3 Å². The Bertz CT molecular complexity index is 3370. The van der Waals surface area contributed by atoms with Gasteiger partial charge in [-0.05, 0) is 99.5 Å². The number of azo groups is 1. The molecule has 0 saturated heterocycles. The monoisotopic (exact) mass is 960 g/mol. The van der Waals surface area contributed by atoms with Gasteiger partial charge in [0.2, 0.25) is 0 Å². The second-order valence-corrected chi connectivity index (χ2v) is 18.9. The lowest BCUT2D eigenvalue weighted by molar-refractivity contribution is 0.341. The first kappa shape index (κ1) is 46.8. The lowest BCUT2D eigenvalue weighted by Gasteiger charge is -2.14. The molecule has 4 N–H and O–H groups in total. The van der Waals surface area contributed by atoms with E-state index in [-0.39, 0.29) is 68.5 Å². The average molecular weight is 961 g/mol. The molecular weight excluding hydrogens is 913 g/mol. The van der Waals surface area contributed by atoms with E-state index in [0.29, 0.717) is 57.8 Å². The molecule has 0 amide bonds. The summed E-state index contributed by atoms with van der Waals surface area (Å²) in [6.07, 6.45) is 2.76. The molecule has 0 aliphatic rings. The number of sulfonamides is 2. The van der Waals surface area contributed by atoms with Crippen molar-refractivity contribution in [2.24, 2.45) is 24.3 Å². The van der Waals surface area contributed by atoms with E-state index in [1.807, 2.05) is 13.8 Å². The van der Waals surface area contributed by atoms with E-state index in [4.69, 9.17) is 19.4 Å². The van der Waals surface area contributed by atoms with Gasteiger partial charge >= 0.3 is 0 Å². The summed E-state index contributed by atoms with van der Waals surface area (Å²) in [5.41, 5.74) is 3.40. The van der Waals surface area contributed by atoms with Gasteiger partial charge in [0.15, 0.2) is 11.0 Å². The van der Waals surface area contributed by atoms with Crippen molar-refractivity contribution in [2.75, 3.05) is 22.7 Å². The molecule has 20 nitrogen and oxygen atoms in total. The number of anilines is 2. The van der Waals surface area contributed by atoms with Crippen LogP contribution in [0.1, 0.15) is 51.9 Å². The molecule has 0 aliphatic heterocycles. The first-order chi connectivity index (χ1) is 32.6. The molecule has 0 fully saturated rings. The summed E-state index contributed by atoms with van der Waals surface area (Å²) in [5.74, 6) is 0.910. The number of hydrogen-bond donors (Lipinski definition) is 4. The molecule has 0 spiro atoms. The third kappa shape index (κ3) is 9.58. The Morgan fingerprint density at radius 1 is 0.588 bits per heavy atom. The summed E-state index contributed by atoms with van der Waals surface area (Å²) in [5, 5.41) is 17.5. The second-order valence-electron chi connectivity index (χ2n) is 15.6. The zero-order chi connectivity index (χ0) is 48.3. The fourth-order valence-electron chi connectivity index (χ4n) is 7.65. The molecule has 0 bridgehead atoms. The summed E-state index contributed by atoms with van der Waals surface area (Å²) in [6, 6.07) is 21.1. The molecule has 0 saturated carbocycles. The molecule has 0 aliphatic carbocycles. The smallest absolute Gasteiger partial charge is 0.277 e. The number of hydrogen-bond acceptors (Lipinski definition) is 14. The minimum absolute atomic E-state index is 0.120. The van der Waals surface area contributed by atoms with Crippen LogP contribution in [0, 0.1) is 0 Å². The van der Waals surface area contributed by atoms with Gasteiger partial charge in [0, 0.05) is 14.1 Å². The molecule has 8 aromatic rings. The van der Waals surface area contributed by atoms with Gasteiger partial charge in [0.1, 0.15) is 34.2 Å². The summed E-state index contributed by atoms with van der Waals surface area (Å²) >= 11 is 0. The minimum Gasteiger partial charge on any atom is -0.493 e. The van der Waals surface area contributed by atoms with Crippen molar-refractivity contribution in [1.82, 2.24) is 39.5 Å². The van der Waals surface area contributed by atoms with Crippen LogP contribution in [0.3, 0.4) is 0 Å². The van der Waals surface area contributed by atoms with E-state index in [0.717, 1.165) is 12.8 Å². The lowest BCUT2D eigenvalue weighted by atomic mass is 10.1. The highest BCUT2D eigenvalue weighted by atomic mass is 32.2. The Morgan fingerprint density at radius 3 is 1.38 bits per heavy atom. The molecule has 68 heavy (non-hydrogen) atoms. The molecular formula is C46H48N12O8S2. The molecule has 0 atom stereocenters. The topological polar surface area (TPSA) is 263 Å². The van der Waals surface area contributed by atoms with Gasteiger partial charge in [-0.25, -0.2) is 26.8 Å². The van der Waals surface area contributed by atoms with Gasteiger partial charge in [0.25, 0.3) is 31.2 Å². The van der Waals surface area contributed by atoms with Gasteiger partial charge in [-0.15, -0.1) is 0 Å². The minimum atomic E-state index is -4.22. The maximum absolute atomic E-state index is 13.9. The summed E-state index contributed by atoms with van der Waals surface area (Å²) in [6.45, 7) is 8.12. The molecule has 4 aromatic carbocycles. The van der Waals surface area contributed by atoms with Crippen molar-refractivity contribution in [1.29, 1.82) is 0 Å². The first-order valence-electron chi connectivity index (χ1n) is 21.8. The second kappa shape index (κ2) is 19.2. The van der Waals surface area contributed by atoms with E-state index in [1.165, 1.54) is 57.9 Å². The number of nitrogens with zero attached hydrogens (tertiary/aromatic N) is 8. The van der Waals surface area contributed by atoms with Gasteiger partial charge in [-0.2, -0.15) is 20.4 Å². The average Bonchev–Trinajstić information content (AvgIpc) is 3.80. The third-order valence-electron chi connectivity index (χ3n) is 10.6. The highest BCUT2D eigenvalue weighted by Crippen LogP contribution is 2.34. The largest absolute Gasteiger partial charge is 0.493 e. The van der Waals surface area contributed by atoms with Crippen LogP contribution in [0.2, 0.25) is 0 Å². The van der Waals surface area contributed by atoms with Crippen molar-refractivity contribution in [3.63, 3.8) is 0 Å². The maximum atomic E-state index is 13.9. The molecule has 0 radical (unpaired) electrons. The highest BCUT2D eigenvalue weighted by molar-refractivity contribution is 7.93. The van der Waals surface area contributed by atoms with Gasteiger partial charge in [0.05, 0.1) is 68.3 Å². The zero-order valence-electron chi connectivity index (χ0n) is 38.0. The number of nitrogens with one attached hydrogen (secondary N) is 4. The van der Waals surface area contributed by atoms with E-state index < -0.39 is 31.2 Å². The first-order valence-corrected chi connectivity index (χ1v) is 24.7. The lowest BCUT2D eigenvalue weighted by Crippen LogP contribution is -2.15. The van der Waals surface area contributed by atoms with E-state index >= 15 is 0 Å². The number of ether oxygens (including phenoxy) is 2. The van der Waals surface area contributed by atoms with Crippen molar-refractivity contribution < 1.29 is 26.3 Å². The van der Waals surface area contributed by atoms with Crippen LogP contribution >= 0.6 is 0 Å². The Hall–Kier alpha value is -7.72. The molecule has 22 heteroatoms. The Balaban J connectivity index is 1.02. The molecule has 352 valence electrons. The van der Waals surface area contributed by atoms with Crippen LogP contribution < -0.4 is 30.0 Å². The fraction of sp³-hybridized carbons (Fsp3) is 0.261. The van der Waals surface area contributed by atoms with E-state index in [9.17, 15) is 26.4 Å². The van der Waals surface area contributed by atoms with Crippen molar-refractivity contribution in [2.45, 2.75) is 63.2 Å². The van der Waals surface area contributed by atoms with Gasteiger partial charge in [-0.3, -0.25) is 28.4 Å². The SMILES string of the molecule is CCCc1nn(C)c2c(=O)[nH]c(-c3cc(S(=O)(=O)Nc4cccc(/N=N\c5cccc(NS(=O)(=O)c6ccc(OCC)c(-c7nc8c(CCC)nn(C)c8c(=O)[nH]7)c6)c5)c4)ccc3OCC)nc12. The van der Waals surface area contributed by atoms with Gasteiger partial charge in [-0.1, -0.05) is 38.8 Å². The number of fused-ring (bicyclic) bond motifs is 2. The van der Waals surface area contributed by atoms with E-state index in [2.05, 4.69) is 39.8 Å². The molecule has 0 unspecified atom stereocenters. The van der Waals surface area contributed by atoms with Crippen molar-refractivity contribution >= 4 is 64.9 Å². The molecule has 4 aromatic heterocycles. The molecule has 8 rings (SSSR count). The number of benzene rings is 4. The normalized spacial score (nSPS) is 12.0. The third-order valence-corrected chi connectivity index (χ3v) is 13.4. The van der Waals surface area contributed by atoms with Crippen LogP contribution in [0.4, 0.5) is 22.7 Å².